The fourth-order valence-corrected chi connectivity index (χ4v) is 2.76. The maximum Gasteiger partial charge on any atom is 0.340 e. The topological polar surface area (TPSA) is 111 Å². The Balaban J connectivity index is 2.16. The van der Waals surface area contributed by atoms with Crippen LogP contribution in [0.1, 0.15) is 56.9 Å². The molecule has 32 heavy (non-hydrogen) atoms. The summed E-state index contributed by atoms with van der Waals surface area (Å²) in [4.78, 5) is 49.0. The highest BCUT2D eigenvalue weighted by atomic mass is 16.5. The van der Waals surface area contributed by atoms with Crippen molar-refractivity contribution >= 4 is 29.3 Å². The molecule has 0 spiro atoms. The van der Waals surface area contributed by atoms with Crippen molar-refractivity contribution in [1.29, 1.82) is 0 Å². The molecule has 0 saturated heterocycles. The van der Waals surface area contributed by atoms with Crippen LogP contribution in [0.4, 0.5) is 5.69 Å². The van der Waals surface area contributed by atoms with Crippen LogP contribution in [0.5, 0.6) is 0 Å². The van der Waals surface area contributed by atoms with E-state index in [1.807, 2.05) is 13.8 Å². The van der Waals surface area contributed by atoms with Gasteiger partial charge in [-0.2, -0.15) is 0 Å². The lowest BCUT2D eigenvalue weighted by Crippen LogP contribution is -2.25. The molecule has 0 saturated carbocycles. The van der Waals surface area contributed by atoms with E-state index in [9.17, 15) is 19.2 Å². The zero-order valence-electron chi connectivity index (χ0n) is 18.5. The Morgan fingerprint density at radius 3 is 2.25 bits per heavy atom. The van der Waals surface area contributed by atoms with Crippen molar-refractivity contribution in [1.82, 2.24) is 5.32 Å². The molecular formula is C24H28N2O6. The zero-order valence-corrected chi connectivity index (χ0v) is 18.5. The quantitative estimate of drug-likeness (QED) is 0.408. The summed E-state index contributed by atoms with van der Waals surface area (Å²) in [5, 5.41) is 5.57. The summed E-state index contributed by atoms with van der Waals surface area (Å²) in [6.07, 6.45) is 0.777. The molecule has 0 aliphatic heterocycles. The SMILES string of the molecule is CCCNC(=O)c1ccc(C(=O)OCC(=O)c2ccc(C)cc2)c(NCC(=O)OCC)c1. The Hall–Kier alpha value is -3.68. The van der Waals surface area contributed by atoms with Crippen molar-refractivity contribution in [2.45, 2.75) is 27.2 Å². The number of esters is 2. The molecule has 170 valence electrons. The van der Waals surface area contributed by atoms with Crippen molar-refractivity contribution in [2.24, 2.45) is 0 Å². The van der Waals surface area contributed by atoms with E-state index in [0.717, 1.165) is 12.0 Å². The highest BCUT2D eigenvalue weighted by Gasteiger charge is 2.18. The number of hydrogen-bond acceptors (Lipinski definition) is 7. The van der Waals surface area contributed by atoms with Crippen LogP contribution in [0.15, 0.2) is 42.5 Å². The van der Waals surface area contributed by atoms with Crippen LogP contribution in [0, 0.1) is 6.92 Å². The second-order valence-corrected chi connectivity index (χ2v) is 7.04. The van der Waals surface area contributed by atoms with E-state index in [-0.39, 0.29) is 36.1 Å². The molecule has 0 atom stereocenters. The fraction of sp³-hybridized carbons (Fsp3) is 0.333. The third-order valence-electron chi connectivity index (χ3n) is 4.47. The normalized spacial score (nSPS) is 10.2. The lowest BCUT2D eigenvalue weighted by atomic mass is 10.1. The summed E-state index contributed by atoms with van der Waals surface area (Å²) in [7, 11) is 0. The predicted octanol–water partition coefficient (Wildman–Crippen LogP) is 3.15. The summed E-state index contributed by atoms with van der Waals surface area (Å²) in [5.74, 6) is -1.91. The van der Waals surface area contributed by atoms with E-state index in [4.69, 9.17) is 9.47 Å². The van der Waals surface area contributed by atoms with Crippen molar-refractivity contribution in [2.75, 3.05) is 31.6 Å². The Morgan fingerprint density at radius 2 is 1.59 bits per heavy atom. The van der Waals surface area contributed by atoms with Gasteiger partial charge >= 0.3 is 11.9 Å². The number of Topliss-reactive ketones (excluding diaryl/α,β-unsaturated/α-hetero) is 1. The lowest BCUT2D eigenvalue weighted by Gasteiger charge is -2.13. The minimum absolute atomic E-state index is 0.0954. The first-order valence-corrected chi connectivity index (χ1v) is 10.4. The van der Waals surface area contributed by atoms with Crippen LogP contribution < -0.4 is 10.6 Å². The fourth-order valence-electron chi connectivity index (χ4n) is 2.76. The summed E-state index contributed by atoms with van der Waals surface area (Å²) in [5.41, 5.74) is 2.09. The Kier molecular flexibility index (Phi) is 9.41. The summed E-state index contributed by atoms with van der Waals surface area (Å²) in [6, 6.07) is 11.3. The van der Waals surface area contributed by atoms with Gasteiger partial charge in [-0.1, -0.05) is 36.8 Å². The molecule has 2 N–H and O–H groups in total. The van der Waals surface area contributed by atoms with Gasteiger partial charge in [0.25, 0.3) is 5.91 Å². The third kappa shape index (κ3) is 7.23. The van der Waals surface area contributed by atoms with Crippen molar-refractivity contribution in [3.8, 4) is 0 Å². The number of nitrogens with one attached hydrogen (secondary N) is 2. The van der Waals surface area contributed by atoms with Crippen LogP contribution in [-0.2, 0) is 14.3 Å². The minimum atomic E-state index is -0.752. The number of carbonyl (C=O) groups excluding carboxylic acids is 4. The lowest BCUT2D eigenvalue weighted by molar-refractivity contribution is -0.140. The number of hydrogen-bond donors (Lipinski definition) is 2. The second-order valence-electron chi connectivity index (χ2n) is 7.04. The van der Waals surface area contributed by atoms with E-state index < -0.39 is 18.5 Å². The average molecular weight is 440 g/mol. The number of ether oxygens (including phenoxy) is 2. The maximum absolute atomic E-state index is 12.6. The van der Waals surface area contributed by atoms with Crippen molar-refractivity contribution in [3.05, 3.63) is 64.7 Å². The van der Waals surface area contributed by atoms with E-state index in [2.05, 4.69) is 10.6 Å². The van der Waals surface area contributed by atoms with Gasteiger partial charge in [0.05, 0.1) is 12.2 Å². The standard InChI is InChI=1S/C24H28N2O6/c1-4-12-25-23(29)18-10-11-19(20(13-18)26-14-22(28)31-5-2)24(30)32-15-21(27)17-8-6-16(3)7-9-17/h6-11,13,26H,4-5,12,14-15H2,1-3H3,(H,25,29). The molecule has 0 aliphatic carbocycles. The third-order valence-corrected chi connectivity index (χ3v) is 4.47. The smallest absolute Gasteiger partial charge is 0.340 e. The molecule has 0 aromatic heterocycles. The van der Waals surface area contributed by atoms with Crippen LogP contribution in [0.3, 0.4) is 0 Å². The first-order chi connectivity index (χ1) is 15.3. The van der Waals surface area contributed by atoms with E-state index in [1.54, 1.807) is 31.2 Å². The van der Waals surface area contributed by atoms with Gasteiger partial charge in [0.1, 0.15) is 6.54 Å². The number of rotatable bonds is 11. The average Bonchev–Trinajstić information content (AvgIpc) is 2.79. The molecule has 0 aliphatic rings. The maximum atomic E-state index is 12.6. The monoisotopic (exact) mass is 440 g/mol. The van der Waals surface area contributed by atoms with Gasteiger partial charge in [0, 0.05) is 23.4 Å². The number of anilines is 1. The molecule has 8 heteroatoms. The second kappa shape index (κ2) is 12.2. The van der Waals surface area contributed by atoms with Crippen LogP contribution >= 0.6 is 0 Å². The number of aryl methyl sites for hydroxylation is 1. The zero-order chi connectivity index (χ0) is 23.5. The summed E-state index contributed by atoms with van der Waals surface area (Å²) >= 11 is 0. The van der Waals surface area contributed by atoms with E-state index >= 15 is 0 Å². The Bertz CT molecular complexity index is 969. The first kappa shape index (κ1) is 24.6. The van der Waals surface area contributed by atoms with Crippen molar-refractivity contribution in [3.63, 3.8) is 0 Å². The number of ketones is 1. The van der Waals surface area contributed by atoms with Gasteiger partial charge < -0.3 is 20.1 Å². The molecule has 2 aromatic rings. The van der Waals surface area contributed by atoms with E-state index in [0.29, 0.717) is 17.7 Å². The van der Waals surface area contributed by atoms with Crippen LogP contribution in [-0.4, -0.2) is 49.9 Å². The molecule has 2 rings (SSSR count). The molecule has 0 fully saturated rings. The molecule has 0 radical (unpaired) electrons. The number of carbonyl (C=O) groups is 4. The van der Waals surface area contributed by atoms with Gasteiger partial charge in [-0.05, 0) is 38.5 Å². The highest BCUT2D eigenvalue weighted by Crippen LogP contribution is 2.20. The number of amides is 1. The highest BCUT2D eigenvalue weighted by molar-refractivity contribution is 6.03. The number of benzene rings is 2. The van der Waals surface area contributed by atoms with Gasteiger partial charge in [-0.15, -0.1) is 0 Å². The Morgan fingerprint density at radius 1 is 0.906 bits per heavy atom. The molecule has 0 unspecified atom stereocenters. The molecule has 0 heterocycles. The van der Waals surface area contributed by atoms with Crippen molar-refractivity contribution < 1.29 is 28.7 Å². The largest absolute Gasteiger partial charge is 0.465 e. The minimum Gasteiger partial charge on any atom is -0.465 e. The van der Waals surface area contributed by atoms with Crippen LogP contribution in [0.2, 0.25) is 0 Å². The molecule has 2 aromatic carbocycles. The molecular weight excluding hydrogens is 412 g/mol. The summed E-state index contributed by atoms with van der Waals surface area (Å²) < 4.78 is 10.1. The molecule has 8 nitrogen and oxygen atoms in total. The summed E-state index contributed by atoms with van der Waals surface area (Å²) in [6.45, 7) is 5.62. The van der Waals surface area contributed by atoms with Gasteiger partial charge in [0.2, 0.25) is 0 Å². The van der Waals surface area contributed by atoms with Crippen LogP contribution in [0.25, 0.3) is 0 Å². The Labute approximate surface area is 187 Å². The van der Waals surface area contributed by atoms with Gasteiger partial charge in [0.15, 0.2) is 12.4 Å². The van der Waals surface area contributed by atoms with E-state index in [1.165, 1.54) is 18.2 Å². The first-order valence-electron chi connectivity index (χ1n) is 10.4. The predicted molar refractivity (Wildman–Crippen MR) is 120 cm³/mol. The molecule has 0 bridgehead atoms. The van der Waals surface area contributed by atoms with Gasteiger partial charge in [-0.3, -0.25) is 14.4 Å². The van der Waals surface area contributed by atoms with Gasteiger partial charge in [-0.25, -0.2) is 4.79 Å². The molecule has 1 amide bonds.